The molecule has 5 rings (SSSR count). The van der Waals surface area contributed by atoms with E-state index >= 15 is 0 Å². The number of fused-ring (bicyclic) bond motifs is 5. The Hall–Kier alpha value is -2.10. The first-order valence-electron chi connectivity index (χ1n) is 13.2. The van der Waals surface area contributed by atoms with Crippen LogP contribution in [-0.4, -0.2) is 23.7 Å². The van der Waals surface area contributed by atoms with Crippen LogP contribution >= 0.6 is 0 Å². The summed E-state index contributed by atoms with van der Waals surface area (Å²) in [5.74, 6) is 2.22. The molecular weight excluding hydrogens is 408 g/mol. The van der Waals surface area contributed by atoms with Crippen LogP contribution in [0.3, 0.4) is 0 Å². The Morgan fingerprint density at radius 1 is 1.15 bits per heavy atom. The van der Waals surface area contributed by atoms with Gasteiger partial charge in [0.1, 0.15) is 6.10 Å². The van der Waals surface area contributed by atoms with Crippen LogP contribution in [0.2, 0.25) is 0 Å². The molecule has 0 spiro atoms. The first-order valence-corrected chi connectivity index (χ1v) is 13.2. The third-order valence-electron chi connectivity index (χ3n) is 9.69. The quantitative estimate of drug-likeness (QED) is 0.392. The molecule has 4 heteroatoms. The number of amides is 1. The van der Waals surface area contributed by atoms with Crippen LogP contribution in [0.4, 0.5) is 4.79 Å². The fourth-order valence-corrected chi connectivity index (χ4v) is 7.83. The Balaban J connectivity index is 1.29. The molecule has 0 radical (unpaired) electrons. The lowest BCUT2D eigenvalue weighted by molar-refractivity contribution is -0.0262. The maximum absolute atomic E-state index is 12.2. The minimum Gasteiger partial charge on any atom is -0.446 e. The smallest absolute Gasteiger partial charge is 0.407 e. The van der Waals surface area contributed by atoms with E-state index in [0.717, 1.165) is 49.9 Å². The number of nitrogens with one attached hydrogen (secondary N) is 1. The predicted octanol–water partition coefficient (Wildman–Crippen LogP) is 6.93. The first kappa shape index (κ1) is 22.7. The minimum absolute atomic E-state index is 0.0293. The highest BCUT2D eigenvalue weighted by Crippen LogP contribution is 2.66. The van der Waals surface area contributed by atoms with E-state index in [0.29, 0.717) is 6.54 Å². The van der Waals surface area contributed by atoms with Crippen molar-refractivity contribution in [1.29, 1.82) is 0 Å². The molecule has 33 heavy (non-hydrogen) atoms. The van der Waals surface area contributed by atoms with E-state index in [2.05, 4.69) is 55.4 Å². The van der Waals surface area contributed by atoms with E-state index in [4.69, 9.17) is 4.74 Å². The molecule has 1 aromatic heterocycles. The number of hydrogen-bond donors (Lipinski definition) is 1. The number of ether oxygens (including phenoxy) is 1. The highest BCUT2D eigenvalue weighted by Gasteiger charge is 2.57. The molecule has 0 unspecified atom stereocenters. The van der Waals surface area contributed by atoms with Crippen molar-refractivity contribution >= 4 is 11.7 Å². The third-order valence-corrected chi connectivity index (χ3v) is 9.69. The number of unbranched alkanes of at least 4 members (excludes halogenated alkanes) is 1. The Labute approximate surface area is 199 Å². The Kier molecular flexibility index (Phi) is 6.13. The summed E-state index contributed by atoms with van der Waals surface area (Å²) in [4.78, 5) is 16.6. The van der Waals surface area contributed by atoms with Crippen molar-refractivity contribution in [3.8, 4) is 0 Å². The number of alkyl carbamates (subject to hydrolysis) is 1. The highest BCUT2D eigenvalue weighted by atomic mass is 16.6. The van der Waals surface area contributed by atoms with Gasteiger partial charge in [-0.1, -0.05) is 51.0 Å². The molecule has 178 valence electrons. The summed E-state index contributed by atoms with van der Waals surface area (Å²) in [5, 5.41) is 2.91. The number of pyridine rings is 1. The van der Waals surface area contributed by atoms with Crippen molar-refractivity contribution in [2.24, 2.45) is 28.6 Å². The number of allylic oxidation sites excluding steroid dienone is 3. The zero-order valence-corrected chi connectivity index (χ0v) is 20.6. The second kappa shape index (κ2) is 8.92. The van der Waals surface area contributed by atoms with Crippen LogP contribution in [-0.2, 0) is 4.74 Å². The SMILES string of the molecule is CCCCNC(=O)O[C@H]1CC[C@@]2(C)C(=CC[C@@H]3[C@@H]2CC[C@]2(C)C(c4cccnc4)=CC[C@@H]32)C1. The Morgan fingerprint density at radius 2 is 2.00 bits per heavy atom. The van der Waals surface area contributed by atoms with E-state index in [1.807, 2.05) is 12.4 Å². The second-order valence-electron chi connectivity index (χ2n) is 11.4. The van der Waals surface area contributed by atoms with E-state index < -0.39 is 0 Å². The van der Waals surface area contributed by atoms with E-state index in [-0.39, 0.29) is 23.0 Å². The van der Waals surface area contributed by atoms with Gasteiger partial charge >= 0.3 is 6.09 Å². The van der Waals surface area contributed by atoms with Crippen LogP contribution in [0.1, 0.15) is 84.1 Å². The van der Waals surface area contributed by atoms with Gasteiger partial charge in [-0.15, -0.1) is 0 Å². The summed E-state index contributed by atoms with van der Waals surface area (Å²) < 4.78 is 5.81. The van der Waals surface area contributed by atoms with Crippen LogP contribution in [0.15, 0.2) is 42.3 Å². The zero-order chi connectivity index (χ0) is 23.1. The monoisotopic (exact) mass is 448 g/mol. The number of rotatable bonds is 5. The molecule has 0 aromatic carbocycles. The zero-order valence-electron chi connectivity index (χ0n) is 20.6. The van der Waals surface area contributed by atoms with Crippen LogP contribution < -0.4 is 5.32 Å². The van der Waals surface area contributed by atoms with Crippen molar-refractivity contribution in [2.75, 3.05) is 6.54 Å². The molecule has 1 aromatic rings. The van der Waals surface area contributed by atoms with Crippen molar-refractivity contribution in [3.63, 3.8) is 0 Å². The lowest BCUT2D eigenvalue weighted by atomic mass is 9.47. The topological polar surface area (TPSA) is 51.2 Å². The molecule has 4 nitrogen and oxygen atoms in total. The van der Waals surface area contributed by atoms with E-state index in [1.54, 1.807) is 5.57 Å². The average Bonchev–Trinajstić information content (AvgIpc) is 3.17. The number of hydrogen-bond acceptors (Lipinski definition) is 3. The van der Waals surface area contributed by atoms with Gasteiger partial charge in [-0.2, -0.15) is 0 Å². The van der Waals surface area contributed by atoms with E-state index in [1.165, 1.54) is 36.8 Å². The van der Waals surface area contributed by atoms with Gasteiger partial charge in [-0.25, -0.2) is 4.79 Å². The van der Waals surface area contributed by atoms with Gasteiger partial charge in [0.25, 0.3) is 0 Å². The number of carbonyl (C=O) groups excluding carboxylic acids is 1. The van der Waals surface area contributed by atoms with Gasteiger partial charge in [0.2, 0.25) is 0 Å². The lowest BCUT2D eigenvalue weighted by Crippen LogP contribution is -2.50. The molecule has 1 N–H and O–H groups in total. The molecule has 4 aliphatic carbocycles. The molecule has 0 aliphatic heterocycles. The standard InChI is InChI=1S/C29H40N2O2/c1-4-5-17-31-27(32)33-22-12-14-28(2)21(18-22)8-9-23-25-11-10-24(20-7-6-16-30-19-20)29(25,3)15-13-26(23)28/h6-8,10,16,19,22-23,25-26H,4-5,9,11-15,17-18H2,1-3H3,(H,31,32)/t22-,23-,25-,26-,28-,29+/m0/s1. The van der Waals surface area contributed by atoms with Crippen LogP contribution in [0.5, 0.6) is 0 Å². The van der Waals surface area contributed by atoms with Crippen molar-refractivity contribution in [2.45, 2.75) is 84.7 Å². The van der Waals surface area contributed by atoms with Crippen LogP contribution in [0, 0.1) is 28.6 Å². The van der Waals surface area contributed by atoms with Gasteiger partial charge in [-0.05, 0) is 90.7 Å². The van der Waals surface area contributed by atoms with Gasteiger partial charge in [0, 0.05) is 25.4 Å². The maximum Gasteiger partial charge on any atom is 0.407 e. The average molecular weight is 449 g/mol. The fourth-order valence-electron chi connectivity index (χ4n) is 7.83. The molecule has 2 saturated carbocycles. The van der Waals surface area contributed by atoms with Crippen molar-refractivity contribution in [3.05, 3.63) is 47.8 Å². The molecule has 2 fully saturated rings. The molecule has 0 saturated heterocycles. The normalized spacial score (nSPS) is 37.2. The fraction of sp³-hybridized carbons (Fsp3) is 0.655. The molecule has 1 amide bonds. The number of carbonyl (C=O) groups is 1. The van der Waals surface area contributed by atoms with Gasteiger partial charge < -0.3 is 10.1 Å². The predicted molar refractivity (Wildman–Crippen MR) is 132 cm³/mol. The van der Waals surface area contributed by atoms with Crippen molar-refractivity contribution < 1.29 is 9.53 Å². The molecule has 1 heterocycles. The van der Waals surface area contributed by atoms with Crippen LogP contribution in [0.25, 0.3) is 5.57 Å². The summed E-state index contributed by atoms with van der Waals surface area (Å²) in [6.45, 7) is 7.87. The molecule has 0 bridgehead atoms. The first-order chi connectivity index (χ1) is 16.0. The second-order valence-corrected chi connectivity index (χ2v) is 11.4. The summed E-state index contributed by atoms with van der Waals surface area (Å²) in [6.07, 6.45) is 18.8. The maximum atomic E-state index is 12.2. The minimum atomic E-state index is -0.236. The Bertz CT molecular complexity index is 938. The van der Waals surface area contributed by atoms with Gasteiger partial charge in [0.05, 0.1) is 0 Å². The largest absolute Gasteiger partial charge is 0.446 e. The van der Waals surface area contributed by atoms with Gasteiger partial charge in [0.15, 0.2) is 0 Å². The van der Waals surface area contributed by atoms with Gasteiger partial charge in [-0.3, -0.25) is 4.98 Å². The Morgan fingerprint density at radius 3 is 2.79 bits per heavy atom. The lowest BCUT2D eigenvalue weighted by Gasteiger charge is -2.57. The third kappa shape index (κ3) is 3.94. The highest BCUT2D eigenvalue weighted by molar-refractivity contribution is 5.72. The molecular formula is C29H40N2O2. The summed E-state index contributed by atoms with van der Waals surface area (Å²) in [7, 11) is 0. The summed E-state index contributed by atoms with van der Waals surface area (Å²) >= 11 is 0. The summed E-state index contributed by atoms with van der Waals surface area (Å²) in [6, 6.07) is 4.30. The van der Waals surface area contributed by atoms with Crippen molar-refractivity contribution in [1.82, 2.24) is 10.3 Å². The summed E-state index contributed by atoms with van der Waals surface area (Å²) in [5.41, 5.74) is 4.94. The number of aromatic nitrogens is 1. The number of nitrogens with zero attached hydrogens (tertiary/aromatic N) is 1. The molecule has 6 atom stereocenters. The van der Waals surface area contributed by atoms with E-state index in [9.17, 15) is 4.79 Å². The molecule has 4 aliphatic rings.